The van der Waals surface area contributed by atoms with Gasteiger partial charge in [0, 0.05) is 38.2 Å². The summed E-state index contributed by atoms with van der Waals surface area (Å²) in [6.45, 7) is 5.94. The number of nitrogens with zero attached hydrogens (tertiary/aromatic N) is 4. The van der Waals surface area contributed by atoms with Crippen molar-refractivity contribution in [2.24, 2.45) is 5.10 Å². The summed E-state index contributed by atoms with van der Waals surface area (Å²) in [7, 11) is 2.09. The third kappa shape index (κ3) is 4.38. The molecule has 5 nitrogen and oxygen atoms in total. The lowest BCUT2D eigenvalue weighted by Gasteiger charge is -2.33. The molecule has 2 aromatic carbocycles. The Morgan fingerprint density at radius 2 is 1.86 bits per heavy atom. The van der Waals surface area contributed by atoms with Gasteiger partial charge in [0.25, 0.3) is 5.91 Å². The van der Waals surface area contributed by atoms with Gasteiger partial charge < -0.3 is 4.90 Å². The average Bonchev–Trinajstić information content (AvgIpc) is 3.15. The molecule has 152 valence electrons. The van der Waals surface area contributed by atoms with Gasteiger partial charge in [-0.15, -0.1) is 0 Å². The van der Waals surface area contributed by atoms with Crippen molar-refractivity contribution in [1.82, 2.24) is 14.8 Å². The number of likely N-dealkylation sites (N-methyl/N-ethyl adjacent to an activating group) is 1. The highest BCUT2D eigenvalue weighted by Gasteiger charge is 2.35. The Kier molecular flexibility index (Phi) is 5.74. The molecule has 1 amide bonds. The van der Waals surface area contributed by atoms with Gasteiger partial charge in [0.05, 0.1) is 18.3 Å². The molecule has 0 bridgehead atoms. The molecule has 29 heavy (non-hydrogen) atoms. The predicted octanol–water partition coefficient (Wildman–Crippen LogP) is 3.06. The van der Waals surface area contributed by atoms with Gasteiger partial charge in [0.15, 0.2) is 0 Å². The molecular formula is C23H27FN4O. The molecule has 0 spiro atoms. The summed E-state index contributed by atoms with van der Waals surface area (Å²) in [5, 5.41) is 6.18. The lowest BCUT2D eigenvalue weighted by Crippen LogP contribution is -2.48. The van der Waals surface area contributed by atoms with Crippen molar-refractivity contribution in [3.63, 3.8) is 0 Å². The number of rotatable bonds is 4. The number of piperazine rings is 1. The number of amides is 1. The van der Waals surface area contributed by atoms with Gasteiger partial charge in [0.1, 0.15) is 5.82 Å². The number of benzene rings is 2. The number of carbonyl (C=O) groups excluding carboxylic acids is 1. The minimum atomic E-state index is -0.410. The van der Waals surface area contributed by atoms with Crippen LogP contribution in [0.15, 0.2) is 53.6 Å². The van der Waals surface area contributed by atoms with Crippen molar-refractivity contribution in [2.75, 3.05) is 39.8 Å². The van der Waals surface area contributed by atoms with E-state index in [4.69, 9.17) is 0 Å². The highest BCUT2D eigenvalue weighted by atomic mass is 19.1. The molecule has 0 radical (unpaired) electrons. The van der Waals surface area contributed by atoms with Gasteiger partial charge in [-0.25, -0.2) is 9.40 Å². The Balaban J connectivity index is 1.60. The van der Waals surface area contributed by atoms with E-state index < -0.39 is 6.04 Å². The quantitative estimate of drug-likeness (QED) is 0.800. The first-order valence-electron chi connectivity index (χ1n) is 10.1. The van der Waals surface area contributed by atoms with Gasteiger partial charge in [-0.05, 0) is 25.6 Å². The monoisotopic (exact) mass is 394 g/mol. The Morgan fingerprint density at radius 3 is 2.59 bits per heavy atom. The van der Waals surface area contributed by atoms with Crippen molar-refractivity contribution in [3.8, 4) is 0 Å². The van der Waals surface area contributed by atoms with Crippen molar-refractivity contribution < 1.29 is 9.18 Å². The molecule has 2 heterocycles. The van der Waals surface area contributed by atoms with E-state index in [0.717, 1.165) is 43.0 Å². The zero-order valence-corrected chi connectivity index (χ0v) is 17.0. The van der Waals surface area contributed by atoms with Crippen LogP contribution in [0, 0.1) is 12.7 Å². The standard InChI is InChI=1S/C23H27FN4O/c1-17-6-5-7-18(14-17)21-15-22(19-8-3-4-9-20(19)24)28(25-21)23(29)16-27-12-10-26(2)11-13-27/h3-9,14,22H,10-13,15-16H2,1-2H3/t22-/m1/s1. The lowest BCUT2D eigenvalue weighted by molar-refractivity contribution is -0.134. The van der Waals surface area contributed by atoms with Crippen molar-refractivity contribution in [3.05, 3.63) is 71.0 Å². The molecule has 1 saturated heterocycles. The fourth-order valence-electron chi connectivity index (χ4n) is 4.00. The van der Waals surface area contributed by atoms with Gasteiger partial charge in [-0.1, -0.05) is 48.0 Å². The molecule has 6 heteroatoms. The number of carbonyl (C=O) groups is 1. The molecule has 0 aliphatic carbocycles. The molecule has 2 aliphatic heterocycles. The third-order valence-corrected chi connectivity index (χ3v) is 5.74. The molecular weight excluding hydrogens is 367 g/mol. The number of hydrazone groups is 1. The van der Waals surface area contributed by atoms with E-state index in [9.17, 15) is 9.18 Å². The van der Waals surface area contributed by atoms with Crippen molar-refractivity contribution in [2.45, 2.75) is 19.4 Å². The summed E-state index contributed by atoms with van der Waals surface area (Å²) in [4.78, 5) is 17.6. The van der Waals surface area contributed by atoms with Crippen LogP contribution in [0.25, 0.3) is 0 Å². The second-order valence-electron chi connectivity index (χ2n) is 7.98. The second-order valence-corrected chi connectivity index (χ2v) is 7.98. The van der Waals surface area contributed by atoms with Crippen LogP contribution in [-0.2, 0) is 4.79 Å². The first-order chi connectivity index (χ1) is 14.0. The van der Waals surface area contributed by atoms with E-state index in [-0.39, 0.29) is 11.7 Å². The normalized spacial score (nSPS) is 20.7. The number of halogens is 1. The third-order valence-electron chi connectivity index (χ3n) is 5.74. The largest absolute Gasteiger partial charge is 0.304 e. The first kappa shape index (κ1) is 19.7. The molecule has 2 aliphatic rings. The van der Waals surface area contributed by atoms with Gasteiger partial charge >= 0.3 is 0 Å². The smallest absolute Gasteiger partial charge is 0.257 e. The van der Waals surface area contributed by atoms with E-state index in [2.05, 4.69) is 28.0 Å². The van der Waals surface area contributed by atoms with E-state index in [1.165, 1.54) is 11.1 Å². The Labute approximate surface area is 171 Å². The van der Waals surface area contributed by atoms with Crippen LogP contribution in [-0.4, -0.2) is 66.2 Å². The molecule has 2 aromatic rings. The summed E-state index contributed by atoms with van der Waals surface area (Å²) in [6, 6.07) is 14.4. The maximum Gasteiger partial charge on any atom is 0.257 e. The van der Waals surface area contributed by atoms with Crippen LogP contribution in [0.2, 0.25) is 0 Å². The highest BCUT2D eigenvalue weighted by molar-refractivity contribution is 6.03. The molecule has 4 rings (SSSR count). The summed E-state index contributed by atoms with van der Waals surface area (Å²) in [6.07, 6.45) is 0.513. The van der Waals surface area contributed by atoms with Crippen LogP contribution in [0.4, 0.5) is 4.39 Å². The zero-order valence-electron chi connectivity index (χ0n) is 17.0. The predicted molar refractivity (Wildman–Crippen MR) is 112 cm³/mol. The van der Waals surface area contributed by atoms with Crippen LogP contribution in [0.1, 0.15) is 29.2 Å². The molecule has 0 unspecified atom stereocenters. The van der Waals surface area contributed by atoms with E-state index in [1.54, 1.807) is 12.1 Å². The SMILES string of the molecule is Cc1cccc(C2=NN(C(=O)CN3CCN(C)CC3)[C@@H](c3ccccc3F)C2)c1. The molecule has 0 N–H and O–H groups in total. The Morgan fingerprint density at radius 1 is 1.10 bits per heavy atom. The summed E-state index contributed by atoms with van der Waals surface area (Å²) < 4.78 is 14.6. The van der Waals surface area contributed by atoms with Crippen molar-refractivity contribution in [1.29, 1.82) is 0 Å². The zero-order chi connectivity index (χ0) is 20.4. The molecule has 0 aromatic heterocycles. The van der Waals surface area contributed by atoms with E-state index in [1.807, 2.05) is 31.2 Å². The van der Waals surface area contributed by atoms with E-state index in [0.29, 0.717) is 18.5 Å². The van der Waals surface area contributed by atoms with Crippen LogP contribution in [0.3, 0.4) is 0 Å². The van der Waals surface area contributed by atoms with Crippen molar-refractivity contribution >= 4 is 11.6 Å². The Bertz CT molecular complexity index is 921. The maximum absolute atomic E-state index is 14.6. The van der Waals surface area contributed by atoms with Crippen LogP contribution >= 0.6 is 0 Å². The summed E-state index contributed by atoms with van der Waals surface area (Å²) in [5.74, 6) is -0.374. The maximum atomic E-state index is 14.6. The fourth-order valence-corrected chi connectivity index (χ4v) is 4.00. The van der Waals surface area contributed by atoms with Crippen LogP contribution in [0.5, 0.6) is 0 Å². The fraction of sp³-hybridized carbons (Fsp3) is 0.391. The van der Waals surface area contributed by atoms with Gasteiger partial charge in [-0.2, -0.15) is 5.10 Å². The molecule has 1 fully saturated rings. The topological polar surface area (TPSA) is 39.2 Å². The first-order valence-corrected chi connectivity index (χ1v) is 10.1. The Hall–Kier alpha value is -2.57. The number of hydrogen-bond donors (Lipinski definition) is 0. The number of hydrogen-bond acceptors (Lipinski definition) is 4. The molecule has 1 atom stereocenters. The minimum absolute atomic E-state index is 0.0783. The summed E-state index contributed by atoms with van der Waals surface area (Å²) in [5.41, 5.74) is 3.47. The molecule has 0 saturated carbocycles. The minimum Gasteiger partial charge on any atom is -0.304 e. The van der Waals surface area contributed by atoms with E-state index >= 15 is 0 Å². The number of aryl methyl sites for hydroxylation is 1. The summed E-state index contributed by atoms with van der Waals surface area (Å²) >= 11 is 0. The average molecular weight is 394 g/mol. The van der Waals surface area contributed by atoms with Crippen LogP contribution < -0.4 is 0 Å². The second kappa shape index (κ2) is 8.43. The van der Waals surface area contributed by atoms with Gasteiger partial charge in [0.2, 0.25) is 0 Å². The lowest BCUT2D eigenvalue weighted by atomic mass is 9.97. The van der Waals surface area contributed by atoms with Gasteiger partial charge in [-0.3, -0.25) is 9.69 Å². The highest BCUT2D eigenvalue weighted by Crippen LogP contribution is 2.34.